The largest absolute Gasteiger partial charge is 0.457 e. The number of ether oxygens (including phenoxy) is 2. The van der Waals surface area contributed by atoms with Crippen LogP contribution in [-0.4, -0.2) is 37.2 Å². The third kappa shape index (κ3) is 2.22. The van der Waals surface area contributed by atoms with Crippen molar-refractivity contribution in [1.82, 2.24) is 19.5 Å². The predicted octanol–water partition coefficient (Wildman–Crippen LogP) is 2.75. The zero-order valence-corrected chi connectivity index (χ0v) is 14.5. The van der Waals surface area contributed by atoms with Gasteiger partial charge < -0.3 is 9.47 Å². The Labute approximate surface area is 144 Å². The highest BCUT2D eigenvalue weighted by molar-refractivity contribution is 6.33. The first kappa shape index (κ1) is 15.8. The van der Waals surface area contributed by atoms with Gasteiger partial charge in [0, 0.05) is 12.8 Å². The second-order valence-corrected chi connectivity index (χ2v) is 7.30. The number of carbonyl (C=O) groups excluding carboxylic acids is 1. The normalized spacial score (nSPS) is 35.3. The molecule has 1 spiro atoms. The molecule has 0 amide bonds. The van der Waals surface area contributed by atoms with E-state index in [1.807, 2.05) is 0 Å². The number of esters is 1. The minimum atomic E-state index is -0.465. The van der Waals surface area contributed by atoms with Gasteiger partial charge in [-0.25, -0.2) is 15.0 Å². The van der Waals surface area contributed by atoms with E-state index >= 15 is 0 Å². The minimum absolute atomic E-state index is 0.0948. The number of imidazole rings is 1. The van der Waals surface area contributed by atoms with E-state index in [1.165, 1.54) is 13.3 Å². The Kier molecular flexibility index (Phi) is 3.54. The first-order valence-electron chi connectivity index (χ1n) is 8.09. The van der Waals surface area contributed by atoms with Crippen LogP contribution in [0.25, 0.3) is 11.2 Å². The van der Waals surface area contributed by atoms with Gasteiger partial charge in [-0.15, -0.1) is 0 Å². The smallest absolute Gasteiger partial charge is 0.303 e. The maximum atomic E-state index is 11.6. The zero-order valence-electron chi connectivity index (χ0n) is 13.8. The van der Waals surface area contributed by atoms with E-state index in [0.717, 1.165) is 12.8 Å². The van der Waals surface area contributed by atoms with Gasteiger partial charge in [-0.1, -0.05) is 25.4 Å². The Balaban J connectivity index is 1.76. The van der Waals surface area contributed by atoms with Crippen molar-refractivity contribution in [3.8, 4) is 0 Å². The van der Waals surface area contributed by atoms with Crippen LogP contribution < -0.4 is 0 Å². The number of aromatic nitrogens is 4. The molecule has 1 unspecified atom stereocenters. The molecular weight excluding hydrogens is 332 g/mol. The monoisotopic (exact) mass is 350 g/mol. The molecule has 8 heteroatoms. The molecule has 2 aliphatic rings. The standard InChI is InChI=1S/C16H19ClN4O3/c1-8-4-16(5-8)9(2)12(23-10(3)22)15(24-16)21-7-20-11-13(17)18-6-19-14(11)21/h6-9,12,15H,4-5H2,1-3H3/t8-,9-,12?,15+,16+/m0/s1. The number of fused-ring (bicyclic) bond motifs is 1. The number of rotatable bonds is 2. The molecule has 1 saturated carbocycles. The predicted molar refractivity (Wildman–Crippen MR) is 86.3 cm³/mol. The SMILES string of the molecule is CC(=O)OC1[C@H](n2cnc3c(Cl)ncnc32)O[C@]2(C[C@@H](C)C2)[C@H]1C. The van der Waals surface area contributed by atoms with Gasteiger partial charge in [0.05, 0.1) is 11.9 Å². The van der Waals surface area contributed by atoms with E-state index < -0.39 is 6.23 Å². The van der Waals surface area contributed by atoms with Crippen molar-refractivity contribution < 1.29 is 14.3 Å². The number of hydrogen-bond donors (Lipinski definition) is 0. The Hall–Kier alpha value is -1.73. The van der Waals surface area contributed by atoms with E-state index in [0.29, 0.717) is 22.2 Å². The van der Waals surface area contributed by atoms with Crippen molar-refractivity contribution in [2.75, 3.05) is 0 Å². The van der Waals surface area contributed by atoms with E-state index in [9.17, 15) is 4.79 Å². The van der Waals surface area contributed by atoms with Crippen LogP contribution in [0.15, 0.2) is 12.7 Å². The number of halogens is 1. The van der Waals surface area contributed by atoms with Crippen LogP contribution >= 0.6 is 11.6 Å². The summed E-state index contributed by atoms with van der Waals surface area (Å²) in [6, 6.07) is 0. The Morgan fingerprint density at radius 2 is 2.12 bits per heavy atom. The zero-order chi connectivity index (χ0) is 17.1. The van der Waals surface area contributed by atoms with Gasteiger partial charge in [-0.05, 0) is 18.8 Å². The van der Waals surface area contributed by atoms with Crippen molar-refractivity contribution in [3.05, 3.63) is 17.8 Å². The van der Waals surface area contributed by atoms with Crippen molar-refractivity contribution in [2.24, 2.45) is 11.8 Å². The molecule has 1 saturated heterocycles. The summed E-state index contributed by atoms with van der Waals surface area (Å²) in [6.45, 7) is 5.71. The lowest BCUT2D eigenvalue weighted by molar-refractivity contribution is -0.160. The maximum absolute atomic E-state index is 11.6. The maximum Gasteiger partial charge on any atom is 0.303 e. The van der Waals surface area contributed by atoms with Gasteiger partial charge in [-0.3, -0.25) is 9.36 Å². The summed E-state index contributed by atoms with van der Waals surface area (Å²) in [7, 11) is 0. The van der Waals surface area contributed by atoms with E-state index in [2.05, 4.69) is 28.8 Å². The second kappa shape index (κ2) is 5.39. The topological polar surface area (TPSA) is 79.1 Å². The molecule has 1 aliphatic heterocycles. The molecule has 3 atom stereocenters. The van der Waals surface area contributed by atoms with Crippen LogP contribution in [0.4, 0.5) is 0 Å². The molecule has 0 radical (unpaired) electrons. The fourth-order valence-corrected chi connectivity index (χ4v) is 4.30. The highest BCUT2D eigenvalue weighted by Gasteiger charge is 2.60. The Bertz CT molecular complexity index is 802. The molecule has 0 bridgehead atoms. The van der Waals surface area contributed by atoms with Crippen molar-refractivity contribution >= 4 is 28.7 Å². The van der Waals surface area contributed by atoms with Crippen molar-refractivity contribution in [2.45, 2.75) is 51.5 Å². The fourth-order valence-electron chi connectivity index (χ4n) is 4.13. The van der Waals surface area contributed by atoms with E-state index in [1.54, 1.807) is 10.9 Å². The van der Waals surface area contributed by atoms with Crippen molar-refractivity contribution in [1.29, 1.82) is 0 Å². The summed E-state index contributed by atoms with van der Waals surface area (Å²) < 4.78 is 13.8. The van der Waals surface area contributed by atoms with Gasteiger partial charge in [0.15, 0.2) is 23.1 Å². The molecule has 2 aromatic heterocycles. The molecule has 0 aromatic carbocycles. The summed E-state index contributed by atoms with van der Waals surface area (Å²) in [5.74, 6) is 0.389. The lowest BCUT2D eigenvalue weighted by atomic mass is 9.65. The second-order valence-electron chi connectivity index (χ2n) is 6.94. The molecule has 4 rings (SSSR count). The van der Waals surface area contributed by atoms with Crippen LogP contribution in [0.2, 0.25) is 5.15 Å². The van der Waals surface area contributed by atoms with Crippen LogP contribution in [0.1, 0.15) is 39.8 Å². The molecular formula is C16H19ClN4O3. The van der Waals surface area contributed by atoms with Gasteiger partial charge in [0.2, 0.25) is 0 Å². The molecule has 2 fully saturated rings. The Morgan fingerprint density at radius 3 is 2.79 bits per heavy atom. The third-order valence-electron chi connectivity index (χ3n) is 5.24. The first-order chi connectivity index (χ1) is 11.4. The quantitative estimate of drug-likeness (QED) is 0.612. The highest BCUT2D eigenvalue weighted by atomic mass is 35.5. The molecule has 0 N–H and O–H groups in total. The molecule has 128 valence electrons. The summed E-state index contributed by atoms with van der Waals surface area (Å²) in [5.41, 5.74) is 0.839. The minimum Gasteiger partial charge on any atom is -0.457 e. The van der Waals surface area contributed by atoms with Gasteiger partial charge >= 0.3 is 5.97 Å². The average Bonchev–Trinajstić information content (AvgIpc) is 3.02. The summed E-state index contributed by atoms with van der Waals surface area (Å²) in [6.07, 6.45) is 4.09. The summed E-state index contributed by atoms with van der Waals surface area (Å²) in [5, 5.41) is 0.292. The van der Waals surface area contributed by atoms with Gasteiger partial charge in [0.1, 0.15) is 11.8 Å². The van der Waals surface area contributed by atoms with Gasteiger partial charge in [-0.2, -0.15) is 0 Å². The van der Waals surface area contributed by atoms with Crippen molar-refractivity contribution in [3.63, 3.8) is 0 Å². The number of carbonyl (C=O) groups is 1. The van der Waals surface area contributed by atoms with Gasteiger partial charge in [0.25, 0.3) is 0 Å². The Morgan fingerprint density at radius 1 is 1.38 bits per heavy atom. The molecule has 7 nitrogen and oxygen atoms in total. The van der Waals surface area contributed by atoms with Crippen LogP contribution in [0.3, 0.4) is 0 Å². The van der Waals surface area contributed by atoms with E-state index in [4.69, 9.17) is 21.1 Å². The molecule has 3 heterocycles. The first-order valence-corrected chi connectivity index (χ1v) is 8.47. The summed E-state index contributed by atoms with van der Waals surface area (Å²) in [4.78, 5) is 24.1. The van der Waals surface area contributed by atoms with Crippen LogP contribution in [0, 0.1) is 11.8 Å². The molecule has 2 aromatic rings. The summed E-state index contributed by atoms with van der Waals surface area (Å²) >= 11 is 6.09. The lowest BCUT2D eigenvalue weighted by Gasteiger charge is -2.46. The van der Waals surface area contributed by atoms with Crippen LogP contribution in [-0.2, 0) is 14.3 Å². The third-order valence-corrected chi connectivity index (χ3v) is 5.51. The average molecular weight is 351 g/mol. The van der Waals surface area contributed by atoms with E-state index in [-0.39, 0.29) is 23.6 Å². The molecule has 1 aliphatic carbocycles. The fraction of sp³-hybridized carbons (Fsp3) is 0.625. The molecule has 24 heavy (non-hydrogen) atoms. The lowest BCUT2D eigenvalue weighted by Crippen LogP contribution is -2.48. The highest BCUT2D eigenvalue weighted by Crippen LogP contribution is 2.55. The van der Waals surface area contributed by atoms with Crippen LogP contribution in [0.5, 0.6) is 0 Å². The number of nitrogens with zero attached hydrogens (tertiary/aromatic N) is 4. The number of hydrogen-bond acceptors (Lipinski definition) is 6.